The summed E-state index contributed by atoms with van der Waals surface area (Å²) in [4.78, 5) is 15.7. The smallest absolute Gasteiger partial charge is 0.307 e. The van der Waals surface area contributed by atoms with Crippen LogP contribution in [0.15, 0.2) is 39.2 Å². The standard InChI is InChI=1S/C14H12BrNO3/c15-10-6-3-7-11-12(10)19-13(16-11)8-4-1-2-5-9(8)14(17)18/h1-3,6-9H,4-5H2,(H,17,18). The Morgan fingerprint density at radius 2 is 2.16 bits per heavy atom. The van der Waals surface area contributed by atoms with Crippen molar-refractivity contribution >= 4 is 33.0 Å². The summed E-state index contributed by atoms with van der Waals surface area (Å²) >= 11 is 3.41. The number of aromatic nitrogens is 1. The Morgan fingerprint density at radius 1 is 1.37 bits per heavy atom. The van der Waals surface area contributed by atoms with Gasteiger partial charge in [0.25, 0.3) is 0 Å². The minimum atomic E-state index is -0.796. The van der Waals surface area contributed by atoms with Crippen LogP contribution in [-0.4, -0.2) is 16.1 Å². The molecule has 1 aliphatic carbocycles. The maximum atomic E-state index is 11.3. The van der Waals surface area contributed by atoms with Crippen LogP contribution in [0.2, 0.25) is 0 Å². The van der Waals surface area contributed by atoms with Gasteiger partial charge in [-0.05, 0) is 40.9 Å². The number of oxazole rings is 1. The van der Waals surface area contributed by atoms with Crippen LogP contribution in [0, 0.1) is 5.92 Å². The lowest BCUT2D eigenvalue weighted by molar-refractivity contribution is -0.142. The summed E-state index contributed by atoms with van der Waals surface area (Å²) in [5.74, 6) is -0.937. The summed E-state index contributed by atoms with van der Waals surface area (Å²) < 4.78 is 6.60. The number of rotatable bonds is 2. The van der Waals surface area contributed by atoms with E-state index in [9.17, 15) is 9.90 Å². The van der Waals surface area contributed by atoms with E-state index in [2.05, 4.69) is 20.9 Å². The molecule has 4 nitrogen and oxygen atoms in total. The quantitative estimate of drug-likeness (QED) is 0.856. The summed E-state index contributed by atoms with van der Waals surface area (Å²) in [6.07, 6.45) is 5.09. The van der Waals surface area contributed by atoms with E-state index in [0.29, 0.717) is 24.3 Å². The zero-order valence-electron chi connectivity index (χ0n) is 10.0. The Balaban J connectivity index is 2.05. The maximum Gasteiger partial charge on any atom is 0.307 e. The van der Waals surface area contributed by atoms with Crippen LogP contribution in [0.4, 0.5) is 0 Å². The Kier molecular flexibility index (Phi) is 3.14. The summed E-state index contributed by atoms with van der Waals surface area (Å²) in [5.41, 5.74) is 1.43. The lowest BCUT2D eigenvalue weighted by Crippen LogP contribution is -2.23. The van der Waals surface area contributed by atoms with Crippen molar-refractivity contribution in [2.75, 3.05) is 0 Å². The fourth-order valence-corrected chi connectivity index (χ4v) is 2.89. The number of allylic oxidation sites excluding steroid dienone is 2. The summed E-state index contributed by atoms with van der Waals surface area (Å²) in [7, 11) is 0. The molecule has 0 saturated heterocycles. The van der Waals surface area contributed by atoms with E-state index in [1.54, 1.807) is 0 Å². The van der Waals surface area contributed by atoms with E-state index in [4.69, 9.17) is 4.42 Å². The lowest BCUT2D eigenvalue weighted by atomic mass is 9.83. The maximum absolute atomic E-state index is 11.3. The van der Waals surface area contributed by atoms with Gasteiger partial charge in [-0.25, -0.2) is 4.98 Å². The number of nitrogens with zero attached hydrogens (tertiary/aromatic N) is 1. The number of benzene rings is 1. The zero-order valence-corrected chi connectivity index (χ0v) is 11.6. The molecular weight excluding hydrogens is 310 g/mol. The van der Waals surface area contributed by atoms with Gasteiger partial charge in [-0.1, -0.05) is 18.2 Å². The first kappa shape index (κ1) is 12.4. The molecule has 0 aliphatic heterocycles. The van der Waals surface area contributed by atoms with Crippen molar-refractivity contribution in [2.24, 2.45) is 5.92 Å². The van der Waals surface area contributed by atoms with E-state index in [1.807, 2.05) is 30.4 Å². The van der Waals surface area contributed by atoms with E-state index < -0.39 is 11.9 Å². The second kappa shape index (κ2) is 4.81. The summed E-state index contributed by atoms with van der Waals surface area (Å²) in [5, 5.41) is 9.29. The summed E-state index contributed by atoms with van der Waals surface area (Å²) in [6, 6.07) is 5.63. The van der Waals surface area contributed by atoms with Gasteiger partial charge in [0, 0.05) is 0 Å². The molecule has 2 unspecified atom stereocenters. The van der Waals surface area contributed by atoms with Gasteiger partial charge >= 0.3 is 5.97 Å². The molecule has 1 aromatic carbocycles. The number of carboxylic acids is 1. The van der Waals surface area contributed by atoms with Crippen molar-refractivity contribution in [1.29, 1.82) is 0 Å². The highest BCUT2D eigenvalue weighted by atomic mass is 79.9. The van der Waals surface area contributed by atoms with E-state index in [-0.39, 0.29) is 5.92 Å². The first-order valence-electron chi connectivity index (χ1n) is 6.09. The van der Waals surface area contributed by atoms with Gasteiger partial charge in [0.05, 0.1) is 16.3 Å². The van der Waals surface area contributed by atoms with E-state index in [0.717, 1.165) is 9.99 Å². The molecule has 2 atom stereocenters. The molecule has 0 amide bonds. The third kappa shape index (κ3) is 2.18. The van der Waals surface area contributed by atoms with Gasteiger partial charge in [-0.3, -0.25) is 4.79 Å². The number of hydrogen-bond acceptors (Lipinski definition) is 3. The van der Waals surface area contributed by atoms with Crippen LogP contribution < -0.4 is 0 Å². The molecule has 0 spiro atoms. The fourth-order valence-electron chi connectivity index (χ4n) is 2.45. The highest BCUT2D eigenvalue weighted by Gasteiger charge is 2.33. The molecule has 0 saturated carbocycles. The molecule has 0 fully saturated rings. The normalized spacial score (nSPS) is 22.8. The van der Waals surface area contributed by atoms with Crippen molar-refractivity contribution < 1.29 is 14.3 Å². The third-order valence-corrected chi connectivity index (χ3v) is 4.07. The monoisotopic (exact) mass is 321 g/mol. The average molecular weight is 322 g/mol. The average Bonchev–Trinajstić information content (AvgIpc) is 2.84. The summed E-state index contributed by atoms with van der Waals surface area (Å²) in [6.45, 7) is 0. The minimum Gasteiger partial charge on any atom is -0.481 e. The van der Waals surface area contributed by atoms with Crippen LogP contribution in [0.3, 0.4) is 0 Å². The molecule has 3 rings (SSSR count). The second-order valence-corrected chi connectivity index (χ2v) is 5.49. The van der Waals surface area contributed by atoms with Crippen molar-refractivity contribution in [1.82, 2.24) is 4.98 Å². The Morgan fingerprint density at radius 3 is 2.89 bits per heavy atom. The van der Waals surface area contributed by atoms with E-state index >= 15 is 0 Å². The lowest BCUT2D eigenvalue weighted by Gasteiger charge is -2.21. The zero-order chi connectivity index (χ0) is 13.4. The van der Waals surface area contributed by atoms with Crippen LogP contribution in [0.25, 0.3) is 11.1 Å². The predicted octanol–water partition coefficient (Wildman–Crippen LogP) is 3.72. The molecule has 0 bridgehead atoms. The molecule has 0 radical (unpaired) electrons. The molecule has 1 heterocycles. The van der Waals surface area contributed by atoms with Crippen molar-refractivity contribution in [3.05, 3.63) is 40.7 Å². The topological polar surface area (TPSA) is 63.3 Å². The number of fused-ring (bicyclic) bond motifs is 1. The molecule has 98 valence electrons. The van der Waals surface area contributed by atoms with Gasteiger partial charge in [-0.15, -0.1) is 0 Å². The van der Waals surface area contributed by atoms with Crippen LogP contribution in [0.1, 0.15) is 24.7 Å². The number of carbonyl (C=O) groups is 1. The number of carboxylic acid groups (broad SMARTS) is 1. The highest BCUT2D eigenvalue weighted by molar-refractivity contribution is 9.10. The molecule has 1 aliphatic rings. The number of halogens is 1. The van der Waals surface area contributed by atoms with Crippen LogP contribution in [0.5, 0.6) is 0 Å². The number of hydrogen-bond donors (Lipinski definition) is 1. The largest absolute Gasteiger partial charge is 0.481 e. The van der Waals surface area contributed by atoms with Crippen molar-refractivity contribution in [3.63, 3.8) is 0 Å². The SMILES string of the molecule is O=C(O)C1CC=CCC1c1nc2cccc(Br)c2o1. The number of aliphatic carboxylic acids is 1. The first-order valence-corrected chi connectivity index (χ1v) is 6.89. The van der Waals surface area contributed by atoms with Crippen LogP contribution in [-0.2, 0) is 4.79 Å². The Labute approximate surface area is 118 Å². The molecule has 2 aromatic rings. The molecule has 19 heavy (non-hydrogen) atoms. The predicted molar refractivity (Wildman–Crippen MR) is 73.9 cm³/mol. The van der Waals surface area contributed by atoms with Gasteiger partial charge in [-0.2, -0.15) is 0 Å². The fraction of sp³-hybridized carbons (Fsp3) is 0.286. The van der Waals surface area contributed by atoms with Gasteiger partial charge < -0.3 is 9.52 Å². The minimum absolute atomic E-state index is 0.193. The van der Waals surface area contributed by atoms with Crippen LogP contribution >= 0.6 is 15.9 Å². The van der Waals surface area contributed by atoms with Gasteiger partial charge in [0.1, 0.15) is 5.52 Å². The number of para-hydroxylation sites is 1. The first-order chi connectivity index (χ1) is 9.16. The molecule has 5 heteroatoms. The Bertz CT molecular complexity index is 662. The molecule has 1 aromatic heterocycles. The Hall–Kier alpha value is -1.62. The van der Waals surface area contributed by atoms with Gasteiger partial charge in [0.2, 0.25) is 0 Å². The van der Waals surface area contributed by atoms with Crippen molar-refractivity contribution in [2.45, 2.75) is 18.8 Å². The highest BCUT2D eigenvalue weighted by Crippen LogP contribution is 2.36. The van der Waals surface area contributed by atoms with E-state index in [1.165, 1.54) is 0 Å². The van der Waals surface area contributed by atoms with Gasteiger partial charge in [0.15, 0.2) is 11.5 Å². The molecule has 1 N–H and O–H groups in total. The third-order valence-electron chi connectivity index (χ3n) is 3.45. The van der Waals surface area contributed by atoms with Crippen molar-refractivity contribution in [3.8, 4) is 0 Å². The second-order valence-electron chi connectivity index (χ2n) is 4.63. The molecular formula is C14H12BrNO3.